The largest absolute Gasteiger partial charge is 0.392 e. The summed E-state index contributed by atoms with van der Waals surface area (Å²) in [5, 5.41) is 20.3. The number of fused-ring (bicyclic) bond motifs is 5. The van der Waals surface area contributed by atoms with Gasteiger partial charge in [0.2, 0.25) is 0 Å². The third-order valence-electron chi connectivity index (χ3n) is 7.02. The summed E-state index contributed by atoms with van der Waals surface area (Å²) in [5.41, 5.74) is 1.44. The smallest absolute Gasteiger partial charge is 0.0758 e. The second kappa shape index (κ2) is 4.33. The second-order valence-electron chi connectivity index (χ2n) is 7.99. The predicted octanol–water partition coefficient (Wildman–Crippen LogP) is 3.22. The average molecular weight is 286 g/mol. The zero-order valence-electron chi connectivity index (χ0n) is 13.0. The third-order valence-corrected chi connectivity index (χ3v) is 7.02. The van der Waals surface area contributed by atoms with Crippen LogP contribution in [0.15, 0.2) is 36.0 Å². The maximum atomic E-state index is 10.4. The van der Waals surface area contributed by atoms with Crippen molar-refractivity contribution in [1.29, 1.82) is 0 Å². The van der Waals surface area contributed by atoms with E-state index >= 15 is 0 Å². The Morgan fingerprint density at radius 1 is 1.10 bits per heavy atom. The number of aliphatic hydroxyl groups is 2. The topological polar surface area (TPSA) is 40.5 Å². The minimum atomic E-state index is -0.313. The van der Waals surface area contributed by atoms with Crippen LogP contribution in [0.1, 0.15) is 39.5 Å². The molecule has 0 bridgehead atoms. The lowest BCUT2D eigenvalue weighted by Crippen LogP contribution is -2.47. The Morgan fingerprint density at radius 2 is 1.90 bits per heavy atom. The van der Waals surface area contributed by atoms with Crippen LogP contribution < -0.4 is 0 Å². The molecule has 7 atom stereocenters. The Bertz CT molecular complexity index is 546. The Labute approximate surface area is 127 Å². The molecule has 2 heteroatoms. The Morgan fingerprint density at radius 3 is 2.71 bits per heavy atom. The molecule has 0 spiro atoms. The van der Waals surface area contributed by atoms with Crippen LogP contribution in [0.3, 0.4) is 0 Å². The summed E-state index contributed by atoms with van der Waals surface area (Å²) >= 11 is 0. The lowest BCUT2D eigenvalue weighted by molar-refractivity contribution is 0.0236. The van der Waals surface area contributed by atoms with E-state index in [2.05, 4.69) is 38.2 Å². The Balaban J connectivity index is 1.77. The maximum Gasteiger partial charge on any atom is 0.0758 e. The lowest BCUT2D eigenvalue weighted by Gasteiger charge is -2.53. The van der Waals surface area contributed by atoms with Crippen LogP contribution in [0.25, 0.3) is 0 Å². The molecule has 114 valence electrons. The summed E-state index contributed by atoms with van der Waals surface area (Å²) in [5.74, 6) is 1.74. The van der Waals surface area contributed by atoms with Gasteiger partial charge < -0.3 is 10.2 Å². The molecule has 0 aromatic rings. The summed E-state index contributed by atoms with van der Waals surface area (Å²) in [6, 6.07) is 0. The van der Waals surface area contributed by atoms with E-state index in [4.69, 9.17) is 0 Å². The van der Waals surface area contributed by atoms with Crippen LogP contribution in [0.5, 0.6) is 0 Å². The molecule has 21 heavy (non-hydrogen) atoms. The zero-order valence-corrected chi connectivity index (χ0v) is 13.0. The van der Waals surface area contributed by atoms with E-state index in [9.17, 15) is 10.2 Å². The van der Waals surface area contributed by atoms with Crippen LogP contribution in [0, 0.1) is 28.6 Å². The highest BCUT2D eigenvalue weighted by Crippen LogP contribution is 2.61. The van der Waals surface area contributed by atoms with E-state index in [0.29, 0.717) is 17.8 Å². The molecule has 0 aliphatic heterocycles. The van der Waals surface area contributed by atoms with Gasteiger partial charge in [-0.3, -0.25) is 0 Å². The molecule has 2 nitrogen and oxygen atoms in total. The van der Waals surface area contributed by atoms with Crippen LogP contribution in [0.4, 0.5) is 0 Å². The lowest BCUT2D eigenvalue weighted by atomic mass is 9.51. The van der Waals surface area contributed by atoms with Gasteiger partial charge in [0.05, 0.1) is 12.2 Å². The molecule has 0 saturated heterocycles. The average Bonchev–Trinajstić information content (AvgIpc) is 2.76. The van der Waals surface area contributed by atoms with Crippen LogP contribution >= 0.6 is 0 Å². The molecule has 4 aliphatic rings. The Kier molecular flexibility index (Phi) is 2.84. The van der Waals surface area contributed by atoms with E-state index in [1.165, 1.54) is 5.57 Å². The summed E-state index contributed by atoms with van der Waals surface area (Å²) in [4.78, 5) is 0. The van der Waals surface area contributed by atoms with E-state index in [-0.39, 0.29) is 23.0 Å². The summed E-state index contributed by atoms with van der Waals surface area (Å²) in [6.07, 6.45) is 14.8. The van der Waals surface area contributed by atoms with Crippen molar-refractivity contribution in [2.75, 3.05) is 0 Å². The van der Waals surface area contributed by atoms with Crippen molar-refractivity contribution >= 4 is 0 Å². The van der Waals surface area contributed by atoms with Gasteiger partial charge in [-0.25, -0.2) is 0 Å². The van der Waals surface area contributed by atoms with Gasteiger partial charge in [-0.15, -0.1) is 0 Å². The van der Waals surface area contributed by atoms with Gasteiger partial charge in [0.1, 0.15) is 0 Å². The first-order valence-electron chi connectivity index (χ1n) is 8.39. The number of hydrogen-bond acceptors (Lipinski definition) is 2. The van der Waals surface area contributed by atoms with Crippen molar-refractivity contribution in [3.63, 3.8) is 0 Å². The molecule has 4 rings (SSSR count). The van der Waals surface area contributed by atoms with Gasteiger partial charge in [-0.2, -0.15) is 0 Å². The number of hydrogen-bond donors (Lipinski definition) is 2. The monoisotopic (exact) mass is 286 g/mol. The zero-order chi connectivity index (χ0) is 14.8. The normalized spacial score (nSPS) is 54.7. The van der Waals surface area contributed by atoms with E-state index in [1.54, 1.807) is 0 Å². The van der Waals surface area contributed by atoms with Gasteiger partial charge in [-0.1, -0.05) is 49.8 Å². The SMILES string of the molecule is C[C@]12C=CC(O)CC1=CC[C@@H]1[C@H]2C=C[C@]2(C)C(O)CC[C@@H]12. The quantitative estimate of drug-likeness (QED) is 0.671. The van der Waals surface area contributed by atoms with Crippen LogP contribution in [-0.2, 0) is 0 Å². The second-order valence-corrected chi connectivity index (χ2v) is 7.99. The van der Waals surface area contributed by atoms with Gasteiger partial charge >= 0.3 is 0 Å². The van der Waals surface area contributed by atoms with Crippen LogP contribution in [0.2, 0.25) is 0 Å². The predicted molar refractivity (Wildman–Crippen MR) is 83.5 cm³/mol. The first-order chi connectivity index (χ1) is 9.95. The van der Waals surface area contributed by atoms with E-state index in [0.717, 1.165) is 25.7 Å². The summed E-state index contributed by atoms with van der Waals surface area (Å²) in [6.45, 7) is 4.57. The van der Waals surface area contributed by atoms with Gasteiger partial charge in [-0.05, 0) is 43.4 Å². The highest BCUT2D eigenvalue weighted by atomic mass is 16.3. The first-order valence-corrected chi connectivity index (χ1v) is 8.39. The molecular weight excluding hydrogens is 260 g/mol. The highest BCUT2D eigenvalue weighted by Gasteiger charge is 2.55. The Hall–Kier alpha value is -0.860. The summed E-state index contributed by atoms with van der Waals surface area (Å²) in [7, 11) is 0. The van der Waals surface area contributed by atoms with Crippen molar-refractivity contribution in [1.82, 2.24) is 0 Å². The number of aliphatic hydroxyl groups excluding tert-OH is 2. The van der Waals surface area contributed by atoms with Gasteiger partial charge in [0, 0.05) is 10.8 Å². The molecule has 0 radical (unpaired) electrons. The van der Waals surface area contributed by atoms with Crippen LogP contribution in [-0.4, -0.2) is 22.4 Å². The van der Waals surface area contributed by atoms with Crippen molar-refractivity contribution in [2.45, 2.75) is 51.7 Å². The maximum absolute atomic E-state index is 10.4. The number of allylic oxidation sites excluding steroid dienone is 3. The standard InChI is InChI=1S/C19H26O2/c1-18-9-7-13(20)11-12(18)3-4-14-15-5-6-17(21)19(15,2)10-8-16(14)18/h3,7-10,13-17,20-21H,4-6,11H2,1-2H3/t13?,14-,15-,16+,17?,18-,19-/m0/s1. The van der Waals surface area contributed by atoms with Crippen molar-refractivity contribution < 1.29 is 10.2 Å². The fourth-order valence-electron chi connectivity index (χ4n) is 5.61. The minimum absolute atomic E-state index is 0.0270. The van der Waals surface area contributed by atoms with Gasteiger partial charge in [0.25, 0.3) is 0 Å². The molecule has 0 heterocycles. The van der Waals surface area contributed by atoms with Crippen molar-refractivity contribution in [3.05, 3.63) is 36.0 Å². The van der Waals surface area contributed by atoms with Crippen molar-refractivity contribution in [2.24, 2.45) is 28.6 Å². The molecule has 1 fully saturated rings. The first kappa shape index (κ1) is 13.8. The summed E-state index contributed by atoms with van der Waals surface area (Å²) < 4.78 is 0. The molecule has 0 aromatic heterocycles. The molecular formula is C19H26O2. The third kappa shape index (κ3) is 1.72. The molecule has 0 aromatic carbocycles. The fourth-order valence-corrected chi connectivity index (χ4v) is 5.61. The highest BCUT2D eigenvalue weighted by molar-refractivity contribution is 5.36. The molecule has 2 N–H and O–H groups in total. The minimum Gasteiger partial charge on any atom is -0.392 e. The number of rotatable bonds is 0. The molecule has 4 aliphatic carbocycles. The van der Waals surface area contributed by atoms with E-state index in [1.807, 2.05) is 6.08 Å². The fraction of sp³-hybridized carbons (Fsp3) is 0.684. The van der Waals surface area contributed by atoms with Crippen molar-refractivity contribution in [3.8, 4) is 0 Å². The van der Waals surface area contributed by atoms with Gasteiger partial charge in [0.15, 0.2) is 0 Å². The molecule has 0 amide bonds. The molecule has 2 unspecified atom stereocenters. The van der Waals surface area contributed by atoms with E-state index < -0.39 is 0 Å². The molecule has 1 saturated carbocycles.